The number of anilines is 1. The van der Waals surface area contributed by atoms with Crippen molar-refractivity contribution in [3.05, 3.63) is 82.4 Å². The summed E-state index contributed by atoms with van der Waals surface area (Å²) in [5, 5.41) is 0.200. The summed E-state index contributed by atoms with van der Waals surface area (Å²) >= 11 is 1.08. The number of piperazine rings is 1. The second kappa shape index (κ2) is 10.5. The average Bonchev–Trinajstić information content (AvgIpc) is 3.19. The molecule has 9 heteroatoms. The lowest BCUT2D eigenvalue weighted by atomic mass is 10.2. The number of hydrogen-bond donors (Lipinski definition) is 1. The Hall–Kier alpha value is -3.01. The molecular weight excluding hydrogens is 468 g/mol. The van der Waals surface area contributed by atoms with E-state index in [0.29, 0.717) is 23.7 Å². The minimum atomic E-state index is -3.76. The molecule has 0 radical (unpaired) electrons. The Morgan fingerprint density at radius 1 is 1.03 bits per heavy atom. The molecule has 0 saturated carbocycles. The monoisotopic (exact) mass is 496 g/mol. The number of benzene rings is 2. The van der Waals surface area contributed by atoms with E-state index in [4.69, 9.17) is 0 Å². The number of hydrogen-bond acceptors (Lipinski definition) is 6. The van der Waals surface area contributed by atoms with Gasteiger partial charge in [0.1, 0.15) is 4.88 Å². The van der Waals surface area contributed by atoms with E-state index in [0.717, 1.165) is 36.5 Å². The lowest BCUT2D eigenvalue weighted by molar-refractivity contribution is 0.0654. The van der Waals surface area contributed by atoms with Crippen LogP contribution in [0.4, 0.5) is 5.13 Å². The first-order chi connectivity index (χ1) is 16.3. The molecule has 1 aliphatic rings. The van der Waals surface area contributed by atoms with Gasteiger partial charge in [-0.2, -0.15) is 0 Å². The third-order valence-electron chi connectivity index (χ3n) is 5.68. The first-order valence-electron chi connectivity index (χ1n) is 11.1. The minimum absolute atomic E-state index is 0.102. The van der Waals surface area contributed by atoms with Crippen molar-refractivity contribution in [2.24, 2.45) is 0 Å². The van der Waals surface area contributed by atoms with Gasteiger partial charge in [0, 0.05) is 32.7 Å². The van der Waals surface area contributed by atoms with Crippen LogP contribution >= 0.6 is 11.3 Å². The van der Waals surface area contributed by atoms with Crippen molar-refractivity contribution < 1.29 is 13.2 Å². The molecule has 1 saturated heterocycles. The SMILES string of the molecule is Cc1ccc(S(=O)(=O)Nc2nc(C)c(C(=O)N3CCN(CC=Cc4ccccc4)CC3)s2)cc1. The van der Waals surface area contributed by atoms with Gasteiger partial charge in [0.15, 0.2) is 5.13 Å². The highest BCUT2D eigenvalue weighted by Crippen LogP contribution is 2.27. The van der Waals surface area contributed by atoms with Gasteiger partial charge >= 0.3 is 0 Å². The number of carbonyl (C=O) groups is 1. The Morgan fingerprint density at radius 2 is 1.71 bits per heavy atom. The van der Waals surface area contributed by atoms with E-state index in [1.54, 1.807) is 31.2 Å². The third kappa shape index (κ3) is 5.91. The Balaban J connectivity index is 1.34. The fraction of sp³-hybridized carbons (Fsp3) is 0.280. The fourth-order valence-electron chi connectivity index (χ4n) is 3.71. The first-order valence-corrected chi connectivity index (χ1v) is 13.4. The molecule has 0 aliphatic carbocycles. The maximum absolute atomic E-state index is 13.1. The van der Waals surface area contributed by atoms with Gasteiger partial charge in [-0.15, -0.1) is 0 Å². The van der Waals surface area contributed by atoms with Crippen LogP contribution in [0.1, 0.15) is 26.5 Å². The molecule has 0 spiro atoms. The summed E-state index contributed by atoms with van der Waals surface area (Å²) in [6.07, 6.45) is 4.25. The Bertz CT molecular complexity index is 1260. The molecule has 178 valence electrons. The maximum Gasteiger partial charge on any atom is 0.266 e. The molecule has 1 aromatic heterocycles. The normalized spacial score (nSPS) is 15.1. The highest BCUT2D eigenvalue weighted by atomic mass is 32.2. The molecule has 0 bridgehead atoms. The molecule has 3 aromatic rings. The second-order valence-electron chi connectivity index (χ2n) is 8.26. The number of carbonyl (C=O) groups excluding carboxylic acids is 1. The number of sulfonamides is 1. The average molecular weight is 497 g/mol. The van der Waals surface area contributed by atoms with Crippen LogP contribution in [0.3, 0.4) is 0 Å². The summed E-state index contributed by atoms with van der Waals surface area (Å²) in [5.74, 6) is -0.102. The highest BCUT2D eigenvalue weighted by Gasteiger charge is 2.26. The molecule has 1 fully saturated rings. The van der Waals surface area contributed by atoms with Gasteiger partial charge in [-0.3, -0.25) is 14.4 Å². The smallest absolute Gasteiger partial charge is 0.266 e. The first kappa shape index (κ1) is 24.1. The Labute approximate surface area is 204 Å². The number of amides is 1. The Kier molecular flexibility index (Phi) is 7.45. The van der Waals surface area contributed by atoms with E-state index in [9.17, 15) is 13.2 Å². The van der Waals surface area contributed by atoms with Crippen LogP contribution in [0.15, 0.2) is 65.6 Å². The molecular formula is C25H28N4O3S2. The summed E-state index contributed by atoms with van der Waals surface area (Å²) in [4.78, 5) is 22.2. The summed E-state index contributed by atoms with van der Waals surface area (Å²) in [7, 11) is -3.76. The predicted molar refractivity (Wildman–Crippen MR) is 137 cm³/mol. The van der Waals surface area contributed by atoms with Gasteiger partial charge in [-0.05, 0) is 31.5 Å². The van der Waals surface area contributed by atoms with Gasteiger partial charge in [-0.25, -0.2) is 13.4 Å². The van der Waals surface area contributed by atoms with E-state index in [1.165, 1.54) is 5.56 Å². The lowest BCUT2D eigenvalue weighted by Gasteiger charge is -2.34. The Morgan fingerprint density at radius 3 is 2.38 bits per heavy atom. The zero-order valence-electron chi connectivity index (χ0n) is 19.3. The van der Waals surface area contributed by atoms with Crippen LogP contribution in [-0.2, 0) is 10.0 Å². The van der Waals surface area contributed by atoms with E-state index >= 15 is 0 Å². The molecule has 1 amide bonds. The summed E-state index contributed by atoms with van der Waals surface area (Å²) in [6, 6.07) is 16.8. The number of nitrogens with one attached hydrogen (secondary N) is 1. The zero-order chi connectivity index (χ0) is 24.1. The topological polar surface area (TPSA) is 82.6 Å². The summed E-state index contributed by atoms with van der Waals surface area (Å²) in [5.41, 5.74) is 2.68. The third-order valence-corrected chi connectivity index (χ3v) is 8.22. The van der Waals surface area contributed by atoms with Crippen molar-refractivity contribution in [2.45, 2.75) is 18.7 Å². The van der Waals surface area contributed by atoms with Crippen LogP contribution in [-0.4, -0.2) is 61.8 Å². The molecule has 0 unspecified atom stereocenters. The van der Waals surface area contributed by atoms with E-state index in [1.807, 2.05) is 30.0 Å². The molecule has 2 heterocycles. The maximum atomic E-state index is 13.1. The lowest BCUT2D eigenvalue weighted by Crippen LogP contribution is -2.48. The van der Waals surface area contributed by atoms with Crippen LogP contribution < -0.4 is 4.72 Å². The quantitative estimate of drug-likeness (QED) is 0.534. The molecule has 7 nitrogen and oxygen atoms in total. The van der Waals surface area contributed by atoms with Crippen LogP contribution in [0.25, 0.3) is 6.08 Å². The van der Waals surface area contributed by atoms with Crippen molar-refractivity contribution in [2.75, 3.05) is 37.4 Å². The van der Waals surface area contributed by atoms with Crippen molar-refractivity contribution in [1.82, 2.24) is 14.8 Å². The van der Waals surface area contributed by atoms with Crippen molar-refractivity contribution in [1.29, 1.82) is 0 Å². The summed E-state index contributed by atoms with van der Waals surface area (Å²) in [6.45, 7) is 7.29. The van der Waals surface area contributed by atoms with Gasteiger partial charge in [0.2, 0.25) is 0 Å². The molecule has 0 atom stereocenters. The van der Waals surface area contributed by atoms with Crippen LogP contribution in [0, 0.1) is 13.8 Å². The van der Waals surface area contributed by atoms with Crippen LogP contribution in [0.5, 0.6) is 0 Å². The second-order valence-corrected chi connectivity index (χ2v) is 10.9. The van der Waals surface area contributed by atoms with Crippen LogP contribution in [0.2, 0.25) is 0 Å². The fourth-order valence-corrected chi connectivity index (χ4v) is 5.88. The highest BCUT2D eigenvalue weighted by molar-refractivity contribution is 7.93. The zero-order valence-corrected chi connectivity index (χ0v) is 20.9. The predicted octanol–water partition coefficient (Wildman–Crippen LogP) is 4.03. The molecule has 2 aromatic carbocycles. The number of aromatic nitrogens is 1. The van der Waals surface area contributed by atoms with Crippen molar-refractivity contribution in [3.8, 4) is 0 Å². The van der Waals surface area contributed by atoms with Gasteiger partial charge in [0.25, 0.3) is 15.9 Å². The number of rotatable bonds is 7. The van der Waals surface area contributed by atoms with Gasteiger partial charge in [0.05, 0.1) is 10.6 Å². The molecule has 34 heavy (non-hydrogen) atoms. The molecule has 4 rings (SSSR count). The number of nitrogens with zero attached hydrogens (tertiary/aromatic N) is 3. The van der Waals surface area contributed by atoms with E-state index < -0.39 is 10.0 Å². The van der Waals surface area contributed by atoms with Crippen molar-refractivity contribution in [3.63, 3.8) is 0 Å². The van der Waals surface area contributed by atoms with Gasteiger partial charge < -0.3 is 4.90 Å². The number of aryl methyl sites for hydroxylation is 2. The largest absolute Gasteiger partial charge is 0.335 e. The summed E-state index contributed by atoms with van der Waals surface area (Å²) < 4.78 is 27.8. The number of thiazole rings is 1. The van der Waals surface area contributed by atoms with E-state index in [2.05, 4.69) is 38.9 Å². The minimum Gasteiger partial charge on any atom is -0.335 e. The van der Waals surface area contributed by atoms with Crippen molar-refractivity contribution >= 4 is 38.5 Å². The van der Waals surface area contributed by atoms with E-state index in [-0.39, 0.29) is 15.9 Å². The van der Waals surface area contributed by atoms with Gasteiger partial charge in [-0.1, -0.05) is 71.5 Å². The molecule has 1 N–H and O–H groups in total. The molecule has 1 aliphatic heterocycles. The standard InChI is InChI=1S/C25H28N4O3S2/c1-19-10-12-22(13-11-19)34(31,32)27-25-26-20(2)23(33-25)24(30)29-17-15-28(16-18-29)14-6-9-21-7-4-3-5-8-21/h3-13H,14-18H2,1-2H3,(H,26,27).